The highest BCUT2D eigenvalue weighted by Crippen LogP contribution is 2.11. The van der Waals surface area contributed by atoms with Gasteiger partial charge in [-0.3, -0.25) is 14.5 Å². The molecule has 0 aromatic heterocycles. The lowest BCUT2D eigenvalue weighted by Crippen LogP contribution is -2.55. The van der Waals surface area contributed by atoms with E-state index in [1.54, 1.807) is 32.6 Å². The van der Waals surface area contributed by atoms with Crippen LogP contribution in [0.25, 0.3) is 0 Å². The average molecular weight is 397 g/mol. The summed E-state index contributed by atoms with van der Waals surface area (Å²) in [6, 6.07) is -0.639. The summed E-state index contributed by atoms with van der Waals surface area (Å²) >= 11 is 0. The normalized spacial score (nSPS) is 20.3. The summed E-state index contributed by atoms with van der Waals surface area (Å²) in [7, 11) is 0. The van der Waals surface area contributed by atoms with Gasteiger partial charge in [-0.05, 0) is 40.5 Å². The number of nitrogens with one attached hydrogen (secondary N) is 1. The first-order chi connectivity index (χ1) is 13.2. The van der Waals surface area contributed by atoms with E-state index in [1.165, 1.54) is 12.8 Å². The maximum absolute atomic E-state index is 12.6. The van der Waals surface area contributed by atoms with Crippen molar-refractivity contribution in [3.8, 4) is 0 Å². The van der Waals surface area contributed by atoms with Crippen LogP contribution in [-0.4, -0.2) is 90.1 Å². The Morgan fingerprint density at radius 1 is 0.893 bits per heavy atom. The van der Waals surface area contributed by atoms with Crippen molar-refractivity contribution in [1.82, 2.24) is 20.0 Å². The molecule has 160 valence electrons. The van der Waals surface area contributed by atoms with Crippen molar-refractivity contribution in [3.63, 3.8) is 0 Å². The lowest BCUT2D eigenvalue weighted by atomic mass is 10.2. The predicted molar refractivity (Wildman–Crippen MR) is 107 cm³/mol. The van der Waals surface area contributed by atoms with Gasteiger partial charge < -0.3 is 19.9 Å². The monoisotopic (exact) mass is 396 g/mol. The van der Waals surface area contributed by atoms with E-state index in [2.05, 4.69) is 10.2 Å². The Morgan fingerprint density at radius 3 is 2.00 bits per heavy atom. The number of alkyl carbamates (subject to hydrolysis) is 1. The Bertz CT molecular complexity index is 545. The van der Waals surface area contributed by atoms with Crippen LogP contribution in [-0.2, 0) is 14.3 Å². The number of piperazine rings is 1. The maximum atomic E-state index is 12.6. The molecule has 0 aliphatic carbocycles. The standard InChI is InChI=1S/C20H36N4O4/c1-16(21-19(27)28-20(2,3)4)18(26)24-13-11-22(12-14-24)15-17(25)23-9-7-5-6-8-10-23/h16H,5-15H2,1-4H3,(H,21,27)/t16-/m1/s1. The highest BCUT2D eigenvalue weighted by atomic mass is 16.6. The van der Waals surface area contributed by atoms with E-state index >= 15 is 0 Å². The van der Waals surface area contributed by atoms with E-state index in [9.17, 15) is 14.4 Å². The van der Waals surface area contributed by atoms with Gasteiger partial charge in [0.25, 0.3) is 0 Å². The molecular formula is C20H36N4O4. The third kappa shape index (κ3) is 7.30. The fourth-order valence-electron chi connectivity index (χ4n) is 3.56. The van der Waals surface area contributed by atoms with Crippen molar-refractivity contribution in [2.45, 2.75) is 65.0 Å². The topological polar surface area (TPSA) is 82.2 Å². The minimum atomic E-state index is -0.639. The molecule has 0 aromatic carbocycles. The molecule has 1 N–H and O–H groups in total. The van der Waals surface area contributed by atoms with Gasteiger partial charge in [0.15, 0.2) is 0 Å². The zero-order chi connectivity index (χ0) is 20.7. The molecule has 0 radical (unpaired) electrons. The van der Waals surface area contributed by atoms with E-state index in [-0.39, 0.29) is 11.8 Å². The van der Waals surface area contributed by atoms with Crippen LogP contribution < -0.4 is 5.32 Å². The Balaban J connectivity index is 1.73. The van der Waals surface area contributed by atoms with E-state index < -0.39 is 17.7 Å². The largest absolute Gasteiger partial charge is 0.444 e. The quantitative estimate of drug-likeness (QED) is 0.778. The average Bonchev–Trinajstić information content (AvgIpc) is 2.89. The number of hydrogen-bond acceptors (Lipinski definition) is 5. The molecule has 2 saturated heterocycles. The number of carbonyl (C=O) groups excluding carboxylic acids is 3. The summed E-state index contributed by atoms with van der Waals surface area (Å²) in [4.78, 5) is 42.8. The molecule has 0 bridgehead atoms. The summed E-state index contributed by atoms with van der Waals surface area (Å²) in [6.45, 7) is 11.6. The molecule has 2 rings (SSSR count). The molecular weight excluding hydrogens is 360 g/mol. The summed E-state index contributed by atoms with van der Waals surface area (Å²) in [6.07, 6.45) is 4.02. The minimum absolute atomic E-state index is 0.121. The second-order valence-corrected chi connectivity index (χ2v) is 8.76. The molecule has 3 amide bonds. The van der Waals surface area contributed by atoms with Crippen LogP contribution in [0.4, 0.5) is 4.79 Å². The summed E-state index contributed by atoms with van der Waals surface area (Å²) in [5, 5.41) is 2.60. The number of amides is 3. The van der Waals surface area contributed by atoms with Crippen LogP contribution >= 0.6 is 0 Å². The molecule has 0 unspecified atom stereocenters. The van der Waals surface area contributed by atoms with Gasteiger partial charge in [-0.15, -0.1) is 0 Å². The first kappa shape index (κ1) is 22.5. The molecule has 0 spiro atoms. The number of nitrogens with zero attached hydrogens (tertiary/aromatic N) is 3. The van der Waals surface area contributed by atoms with Crippen LogP contribution in [0.3, 0.4) is 0 Å². The van der Waals surface area contributed by atoms with Gasteiger partial charge in [-0.1, -0.05) is 12.8 Å². The second-order valence-electron chi connectivity index (χ2n) is 8.76. The smallest absolute Gasteiger partial charge is 0.408 e. The Labute approximate surface area is 168 Å². The van der Waals surface area contributed by atoms with Gasteiger partial charge in [0.1, 0.15) is 11.6 Å². The van der Waals surface area contributed by atoms with Crippen LogP contribution in [0.1, 0.15) is 53.4 Å². The van der Waals surface area contributed by atoms with Gasteiger partial charge in [-0.2, -0.15) is 0 Å². The van der Waals surface area contributed by atoms with Gasteiger partial charge in [-0.25, -0.2) is 4.79 Å². The molecule has 2 aliphatic rings. The SMILES string of the molecule is C[C@@H](NC(=O)OC(C)(C)C)C(=O)N1CCN(CC(=O)N2CCCCCC2)CC1. The molecule has 2 fully saturated rings. The van der Waals surface area contributed by atoms with Gasteiger partial charge in [0, 0.05) is 39.3 Å². The van der Waals surface area contributed by atoms with Gasteiger partial charge in [0.2, 0.25) is 11.8 Å². The van der Waals surface area contributed by atoms with Gasteiger partial charge >= 0.3 is 6.09 Å². The first-order valence-electron chi connectivity index (χ1n) is 10.4. The third-order valence-corrected chi connectivity index (χ3v) is 5.11. The summed E-state index contributed by atoms with van der Waals surface area (Å²) < 4.78 is 5.20. The van der Waals surface area contributed by atoms with Crippen LogP contribution in [0.5, 0.6) is 0 Å². The van der Waals surface area contributed by atoms with Crippen LogP contribution in [0.15, 0.2) is 0 Å². The zero-order valence-electron chi connectivity index (χ0n) is 17.8. The molecule has 0 aromatic rings. The molecule has 2 heterocycles. The lowest BCUT2D eigenvalue weighted by Gasteiger charge is -2.36. The van der Waals surface area contributed by atoms with E-state index in [1.807, 2.05) is 4.90 Å². The Kier molecular flexibility index (Phi) is 8.10. The van der Waals surface area contributed by atoms with Crippen LogP contribution in [0.2, 0.25) is 0 Å². The number of hydrogen-bond donors (Lipinski definition) is 1. The highest BCUT2D eigenvalue weighted by molar-refractivity contribution is 5.85. The molecule has 8 heteroatoms. The molecule has 2 aliphatic heterocycles. The zero-order valence-corrected chi connectivity index (χ0v) is 17.8. The maximum Gasteiger partial charge on any atom is 0.408 e. The van der Waals surface area contributed by atoms with Crippen molar-refractivity contribution < 1.29 is 19.1 Å². The van der Waals surface area contributed by atoms with Crippen molar-refractivity contribution in [3.05, 3.63) is 0 Å². The summed E-state index contributed by atoms with van der Waals surface area (Å²) in [5.41, 5.74) is -0.599. The summed E-state index contributed by atoms with van der Waals surface area (Å²) in [5.74, 6) is 0.0750. The van der Waals surface area contributed by atoms with E-state index in [0.29, 0.717) is 32.7 Å². The van der Waals surface area contributed by atoms with Crippen LogP contribution in [0, 0.1) is 0 Å². The molecule has 8 nitrogen and oxygen atoms in total. The van der Waals surface area contributed by atoms with Crippen molar-refractivity contribution in [2.24, 2.45) is 0 Å². The third-order valence-electron chi connectivity index (χ3n) is 5.11. The molecule has 28 heavy (non-hydrogen) atoms. The fourth-order valence-corrected chi connectivity index (χ4v) is 3.56. The molecule has 1 atom stereocenters. The number of likely N-dealkylation sites (tertiary alicyclic amines) is 1. The fraction of sp³-hybridized carbons (Fsp3) is 0.850. The Hall–Kier alpha value is -1.83. The highest BCUT2D eigenvalue weighted by Gasteiger charge is 2.28. The van der Waals surface area contributed by atoms with E-state index in [0.717, 1.165) is 25.9 Å². The first-order valence-corrected chi connectivity index (χ1v) is 10.4. The van der Waals surface area contributed by atoms with Crippen molar-refractivity contribution in [2.75, 3.05) is 45.8 Å². The van der Waals surface area contributed by atoms with Crippen molar-refractivity contribution in [1.29, 1.82) is 0 Å². The van der Waals surface area contributed by atoms with Crippen molar-refractivity contribution >= 4 is 17.9 Å². The second kappa shape index (κ2) is 10.1. The Morgan fingerprint density at radius 2 is 1.46 bits per heavy atom. The van der Waals surface area contributed by atoms with Gasteiger partial charge in [0.05, 0.1) is 6.54 Å². The number of ether oxygens (including phenoxy) is 1. The number of carbonyl (C=O) groups is 3. The molecule has 0 saturated carbocycles. The minimum Gasteiger partial charge on any atom is -0.444 e. The predicted octanol–water partition coefficient (Wildman–Crippen LogP) is 1.45. The van der Waals surface area contributed by atoms with E-state index in [4.69, 9.17) is 4.74 Å². The lowest BCUT2D eigenvalue weighted by molar-refractivity contribution is -0.136. The number of rotatable bonds is 4.